The predicted molar refractivity (Wildman–Crippen MR) is 139 cm³/mol. The number of para-hydroxylation sites is 1. The first-order valence-electron chi connectivity index (χ1n) is 12.5. The molecule has 1 aliphatic heterocycles. The third-order valence-corrected chi connectivity index (χ3v) is 6.77. The maximum absolute atomic E-state index is 13.3. The Kier molecular flexibility index (Phi) is 10.1. The maximum Gasteiger partial charge on any atom is 0.389 e. The van der Waals surface area contributed by atoms with Gasteiger partial charge in [0.2, 0.25) is 12.1 Å². The van der Waals surface area contributed by atoms with Gasteiger partial charge in [0.15, 0.2) is 0 Å². The first-order chi connectivity index (χ1) is 19.1. The van der Waals surface area contributed by atoms with Crippen molar-refractivity contribution in [3.8, 4) is 0 Å². The second kappa shape index (κ2) is 12.9. The van der Waals surface area contributed by atoms with Gasteiger partial charge in [-0.3, -0.25) is 14.4 Å². The van der Waals surface area contributed by atoms with Gasteiger partial charge in [-0.1, -0.05) is 48.9 Å². The topological polar surface area (TPSA) is 108 Å². The number of carboxylic acids is 1. The average Bonchev–Trinajstić information content (AvgIpc) is 3.00. The van der Waals surface area contributed by atoms with E-state index in [0.717, 1.165) is 0 Å². The first kappa shape index (κ1) is 31.9. The van der Waals surface area contributed by atoms with Crippen molar-refractivity contribution in [1.82, 2.24) is 5.32 Å². The minimum atomic E-state index is -4.82. The molecular formula is C27H26ClF6N3O4. The second-order valence-electron chi connectivity index (χ2n) is 9.44. The fraction of sp³-hybridized carbons (Fsp3) is 0.407. The zero-order chi connectivity index (χ0) is 30.5. The summed E-state index contributed by atoms with van der Waals surface area (Å²) in [6.07, 6.45) is -16.4. The van der Waals surface area contributed by atoms with Crippen LogP contribution >= 0.6 is 11.6 Å². The second-order valence-corrected chi connectivity index (χ2v) is 9.88. The number of anilines is 1. The Morgan fingerprint density at radius 1 is 1.02 bits per heavy atom. The van der Waals surface area contributed by atoms with Crippen LogP contribution in [0.4, 0.5) is 32.0 Å². The molecule has 222 valence electrons. The molecule has 2 aromatic rings. The molecule has 3 rings (SSSR count). The molecule has 0 spiro atoms. The molecule has 0 saturated carbocycles. The Hall–Kier alpha value is -3.61. The Bertz CT molecular complexity index is 1330. The van der Waals surface area contributed by atoms with Crippen LogP contribution in [0.1, 0.15) is 49.3 Å². The van der Waals surface area contributed by atoms with Crippen molar-refractivity contribution in [2.45, 2.75) is 57.5 Å². The quantitative estimate of drug-likeness (QED) is 0.283. The Labute approximate surface area is 236 Å². The number of carboxylic acid groups (broad SMARTS) is 1. The normalized spacial score (nSPS) is 17.0. The molecule has 1 heterocycles. The lowest BCUT2D eigenvalue weighted by atomic mass is 9.84. The number of benzene rings is 2. The summed E-state index contributed by atoms with van der Waals surface area (Å²) in [7, 11) is 0. The highest BCUT2D eigenvalue weighted by molar-refractivity contribution is 6.31. The summed E-state index contributed by atoms with van der Waals surface area (Å²) >= 11 is 6.14. The number of nitrogens with one attached hydrogen (secondary N) is 2. The third kappa shape index (κ3) is 8.69. The van der Waals surface area contributed by atoms with Crippen molar-refractivity contribution < 1.29 is 45.8 Å². The van der Waals surface area contributed by atoms with Gasteiger partial charge in [0.1, 0.15) is 0 Å². The van der Waals surface area contributed by atoms with Crippen molar-refractivity contribution >= 4 is 40.8 Å². The smallest absolute Gasteiger partial charge is 0.389 e. The lowest BCUT2D eigenvalue weighted by Gasteiger charge is -2.25. The monoisotopic (exact) mass is 605 g/mol. The Balaban J connectivity index is 2.04. The molecule has 3 atom stereocenters. The molecule has 1 aliphatic rings. The third-order valence-electron chi connectivity index (χ3n) is 6.54. The molecule has 7 nitrogen and oxygen atoms in total. The number of carbonyl (C=O) groups is 3. The number of fused-ring (bicyclic) bond motifs is 1. The molecule has 0 saturated heterocycles. The zero-order valence-electron chi connectivity index (χ0n) is 21.6. The maximum atomic E-state index is 13.3. The molecule has 14 heteroatoms. The summed E-state index contributed by atoms with van der Waals surface area (Å²) in [6, 6.07) is 11.5. The van der Waals surface area contributed by atoms with Crippen LogP contribution in [0.15, 0.2) is 47.5 Å². The summed E-state index contributed by atoms with van der Waals surface area (Å²) in [4.78, 5) is 42.7. The summed E-state index contributed by atoms with van der Waals surface area (Å²) in [5.74, 6) is -8.24. The fourth-order valence-corrected chi connectivity index (χ4v) is 4.73. The van der Waals surface area contributed by atoms with Gasteiger partial charge < -0.3 is 15.7 Å². The lowest BCUT2D eigenvalue weighted by Crippen LogP contribution is -2.47. The van der Waals surface area contributed by atoms with Crippen LogP contribution in [0.2, 0.25) is 5.02 Å². The van der Waals surface area contributed by atoms with Crippen LogP contribution in [-0.2, 0) is 20.8 Å². The molecule has 0 fully saturated rings. The van der Waals surface area contributed by atoms with E-state index >= 15 is 0 Å². The van der Waals surface area contributed by atoms with Gasteiger partial charge in [0.05, 0.1) is 23.2 Å². The highest BCUT2D eigenvalue weighted by Crippen LogP contribution is 2.34. The van der Waals surface area contributed by atoms with Crippen LogP contribution in [0.25, 0.3) is 0 Å². The van der Waals surface area contributed by atoms with Gasteiger partial charge in [0.25, 0.3) is 5.91 Å². The minimum Gasteiger partial charge on any atom is -0.481 e. The zero-order valence-corrected chi connectivity index (χ0v) is 22.3. The van der Waals surface area contributed by atoms with Crippen LogP contribution in [0.5, 0.6) is 0 Å². The van der Waals surface area contributed by atoms with Crippen LogP contribution in [-0.4, -0.2) is 47.1 Å². The molecule has 2 unspecified atom stereocenters. The Morgan fingerprint density at radius 2 is 1.63 bits per heavy atom. The van der Waals surface area contributed by atoms with Gasteiger partial charge in [-0.25, -0.2) is 4.99 Å². The van der Waals surface area contributed by atoms with Crippen LogP contribution in [0, 0.1) is 11.8 Å². The molecule has 0 radical (unpaired) electrons. The molecule has 2 aromatic carbocycles. The van der Waals surface area contributed by atoms with Gasteiger partial charge in [0, 0.05) is 29.0 Å². The van der Waals surface area contributed by atoms with E-state index in [2.05, 4.69) is 15.6 Å². The first-order valence-corrected chi connectivity index (χ1v) is 12.9. The summed E-state index contributed by atoms with van der Waals surface area (Å²) < 4.78 is 77.7. The van der Waals surface area contributed by atoms with E-state index < -0.39 is 73.8 Å². The summed E-state index contributed by atoms with van der Waals surface area (Å²) in [6.45, 7) is 1.83. The number of hydrogen-bond acceptors (Lipinski definition) is 4. The molecule has 2 amide bonds. The van der Waals surface area contributed by atoms with Gasteiger partial charge in [-0.2, -0.15) is 26.3 Å². The number of carbonyl (C=O) groups excluding carboxylic acids is 2. The predicted octanol–water partition coefficient (Wildman–Crippen LogP) is 6.14. The van der Waals surface area contributed by atoms with Crippen molar-refractivity contribution in [3.63, 3.8) is 0 Å². The SMILES string of the molecule is CCc1cccc2c1NC(=O)C(NC(=O)[C@H](CCC(F)(F)F)C(CCC(F)(F)F)C(=O)O)N=C2c1cccc(Cl)c1. The van der Waals surface area contributed by atoms with Gasteiger partial charge >= 0.3 is 18.3 Å². The van der Waals surface area contributed by atoms with E-state index in [1.807, 2.05) is 6.92 Å². The molecular weight excluding hydrogens is 580 g/mol. The molecule has 0 aromatic heterocycles. The molecule has 0 aliphatic carbocycles. The Morgan fingerprint density at radius 3 is 2.20 bits per heavy atom. The number of nitrogens with zero attached hydrogens (tertiary/aromatic N) is 1. The largest absolute Gasteiger partial charge is 0.481 e. The minimum absolute atomic E-state index is 0.195. The number of halogens is 7. The van der Waals surface area contributed by atoms with E-state index in [0.29, 0.717) is 33.8 Å². The van der Waals surface area contributed by atoms with Crippen molar-refractivity contribution in [2.75, 3.05) is 5.32 Å². The summed E-state index contributed by atoms with van der Waals surface area (Å²) in [5, 5.41) is 14.7. The van der Waals surface area contributed by atoms with E-state index in [4.69, 9.17) is 11.6 Å². The number of rotatable bonds is 10. The van der Waals surface area contributed by atoms with E-state index in [-0.39, 0.29) is 5.71 Å². The van der Waals surface area contributed by atoms with E-state index in [1.165, 1.54) is 0 Å². The lowest BCUT2D eigenvalue weighted by molar-refractivity contribution is -0.159. The highest BCUT2D eigenvalue weighted by atomic mass is 35.5. The van der Waals surface area contributed by atoms with E-state index in [9.17, 15) is 45.8 Å². The average molecular weight is 606 g/mol. The van der Waals surface area contributed by atoms with Crippen LogP contribution in [0.3, 0.4) is 0 Å². The van der Waals surface area contributed by atoms with Crippen molar-refractivity contribution in [3.05, 3.63) is 64.2 Å². The van der Waals surface area contributed by atoms with E-state index in [1.54, 1.807) is 42.5 Å². The van der Waals surface area contributed by atoms with Crippen molar-refractivity contribution in [1.29, 1.82) is 0 Å². The molecule has 3 N–H and O–H groups in total. The number of aliphatic imine (C=N–C) groups is 1. The number of aryl methyl sites for hydroxylation is 1. The molecule has 41 heavy (non-hydrogen) atoms. The summed E-state index contributed by atoms with van der Waals surface area (Å²) in [5.41, 5.74) is 2.17. The number of hydrogen-bond donors (Lipinski definition) is 3. The number of aliphatic carboxylic acids is 1. The number of amides is 2. The number of alkyl halides is 6. The van der Waals surface area contributed by atoms with Gasteiger partial charge in [-0.05, 0) is 37.0 Å². The van der Waals surface area contributed by atoms with Crippen molar-refractivity contribution in [2.24, 2.45) is 16.8 Å². The van der Waals surface area contributed by atoms with Crippen LogP contribution < -0.4 is 10.6 Å². The fourth-order valence-electron chi connectivity index (χ4n) is 4.54. The number of benzodiazepines with no additional fused rings is 1. The molecule has 0 bridgehead atoms. The van der Waals surface area contributed by atoms with Gasteiger partial charge in [-0.15, -0.1) is 0 Å². The standard InChI is InChI=1S/C27H26ClF6N3O4/c1-2-14-5-4-8-19-20(14)36-24(39)22(35-21(19)15-6-3-7-16(28)13-15)37-23(38)17(9-11-26(29,30)31)18(25(40)41)10-12-27(32,33)34/h3-8,13,17-18,22H,2,9-12H2,1H3,(H,36,39)(H,37,38)(H,40,41)/t17-,18?,22?/m1/s1. The highest BCUT2D eigenvalue weighted by Gasteiger charge is 2.41.